The summed E-state index contributed by atoms with van der Waals surface area (Å²) in [6.45, 7) is 12.6. The van der Waals surface area contributed by atoms with Crippen LogP contribution in [-0.2, 0) is 41.6 Å². The number of nitrogens with zero attached hydrogens (tertiary/aromatic N) is 2. The first-order valence-electron chi connectivity index (χ1n) is 14.6. The first-order valence-corrected chi connectivity index (χ1v) is 16.6. The van der Waals surface area contributed by atoms with E-state index in [9.17, 15) is 9.00 Å². The van der Waals surface area contributed by atoms with Gasteiger partial charge in [0.05, 0.1) is 10.6 Å². The molecule has 0 aliphatic carbocycles. The number of aromatic nitrogens is 1. The second-order valence-corrected chi connectivity index (χ2v) is 14.2. The van der Waals surface area contributed by atoms with Crippen molar-refractivity contribution in [1.29, 1.82) is 0 Å². The summed E-state index contributed by atoms with van der Waals surface area (Å²) in [5.41, 5.74) is 3.96. The second kappa shape index (κ2) is 14.4. The fraction of sp³-hybridized carbons (Fsp3) is 0.455. The van der Waals surface area contributed by atoms with Crippen LogP contribution in [0.25, 0.3) is 0 Å². The fourth-order valence-electron chi connectivity index (χ4n) is 5.24. The van der Waals surface area contributed by atoms with Gasteiger partial charge in [-0.2, -0.15) is 0 Å². The van der Waals surface area contributed by atoms with Crippen molar-refractivity contribution >= 4 is 28.1 Å². The molecule has 2 atom stereocenters. The van der Waals surface area contributed by atoms with Gasteiger partial charge in [-0.1, -0.05) is 51.1 Å². The molecule has 3 heterocycles. The van der Waals surface area contributed by atoms with Crippen LogP contribution < -0.4 is 10.6 Å². The average Bonchev–Trinajstić information content (AvgIpc) is 3.24. The molecule has 0 amide bonds. The van der Waals surface area contributed by atoms with E-state index in [0.29, 0.717) is 25.9 Å². The largest absolute Gasteiger partial charge is 0.390 e. The molecule has 0 fully saturated rings. The van der Waals surface area contributed by atoms with Gasteiger partial charge in [0.1, 0.15) is 16.8 Å². The third-order valence-corrected chi connectivity index (χ3v) is 10.2. The lowest BCUT2D eigenvalue weighted by molar-refractivity contribution is -0.127. The molecule has 1 aliphatic rings. The van der Waals surface area contributed by atoms with Crippen molar-refractivity contribution in [1.82, 2.24) is 19.9 Å². The standard InChI is InChI=1S/C33H44N4O2S2/c1-6-27(21-34-7-2)36-28-19-30-31(14-11-17-35-30)41(39)37(23-28)22-26-18-29(40-24(26)3)20-33(4,5)32(38)16-15-25-12-9-8-10-13-25/h8-14,17-18,21,28,34,36H,6-7,15-16,19-20,22-23H2,1-5H3/b27-21-/t28-,41?/m0/s1. The highest BCUT2D eigenvalue weighted by atomic mass is 32.2. The van der Waals surface area contributed by atoms with Gasteiger partial charge in [-0.05, 0) is 62.4 Å². The number of carbonyl (C=O) groups excluding carboxylic acids is 1. The minimum absolute atomic E-state index is 0.0829. The van der Waals surface area contributed by atoms with Crippen LogP contribution in [0.15, 0.2) is 71.5 Å². The van der Waals surface area contributed by atoms with Crippen LogP contribution in [0.1, 0.15) is 67.1 Å². The van der Waals surface area contributed by atoms with Crippen molar-refractivity contribution in [2.45, 2.75) is 84.2 Å². The molecule has 0 saturated heterocycles. The molecule has 1 aliphatic heterocycles. The number of hydrogen-bond acceptors (Lipinski definition) is 6. The molecule has 1 unspecified atom stereocenters. The number of allylic oxidation sites excluding steroid dienone is 1. The second-order valence-electron chi connectivity index (χ2n) is 11.4. The molecule has 4 rings (SSSR count). The Hall–Kier alpha value is -2.81. The van der Waals surface area contributed by atoms with Crippen molar-refractivity contribution in [3.63, 3.8) is 0 Å². The Balaban J connectivity index is 1.48. The normalized spacial score (nSPS) is 18.0. The molecule has 2 aromatic heterocycles. The van der Waals surface area contributed by atoms with Crippen molar-refractivity contribution in [2.75, 3.05) is 13.1 Å². The number of nitrogens with one attached hydrogen (secondary N) is 2. The molecule has 41 heavy (non-hydrogen) atoms. The Morgan fingerprint density at radius 3 is 2.71 bits per heavy atom. The van der Waals surface area contributed by atoms with Gasteiger partial charge < -0.3 is 10.6 Å². The van der Waals surface area contributed by atoms with E-state index in [1.165, 1.54) is 20.9 Å². The predicted octanol–water partition coefficient (Wildman–Crippen LogP) is 6.12. The maximum atomic E-state index is 13.8. The van der Waals surface area contributed by atoms with Crippen molar-refractivity contribution in [2.24, 2.45) is 5.41 Å². The lowest BCUT2D eigenvalue weighted by Crippen LogP contribution is -2.41. The molecule has 6 nitrogen and oxygen atoms in total. The first-order chi connectivity index (χ1) is 19.7. The molecule has 0 bridgehead atoms. The molecular formula is C33H44N4O2S2. The van der Waals surface area contributed by atoms with Crippen LogP contribution >= 0.6 is 11.3 Å². The average molecular weight is 593 g/mol. The van der Waals surface area contributed by atoms with E-state index in [1.54, 1.807) is 17.5 Å². The van der Waals surface area contributed by atoms with Gasteiger partial charge in [-0.15, -0.1) is 11.3 Å². The Morgan fingerprint density at radius 1 is 1.20 bits per heavy atom. The van der Waals surface area contributed by atoms with Gasteiger partial charge in [-0.25, -0.2) is 8.51 Å². The van der Waals surface area contributed by atoms with Crippen molar-refractivity contribution in [3.8, 4) is 0 Å². The van der Waals surface area contributed by atoms with Gasteiger partial charge in [0.25, 0.3) is 0 Å². The predicted molar refractivity (Wildman–Crippen MR) is 170 cm³/mol. The van der Waals surface area contributed by atoms with E-state index in [2.05, 4.69) is 72.7 Å². The van der Waals surface area contributed by atoms with Crippen LogP contribution in [0.2, 0.25) is 0 Å². The number of Topliss-reactive ketones (excluding diaryl/α,β-unsaturated/α-hetero) is 1. The maximum Gasteiger partial charge on any atom is 0.139 e. The highest BCUT2D eigenvalue weighted by Gasteiger charge is 2.31. The number of hydrogen-bond donors (Lipinski definition) is 2. The number of ketones is 1. The molecule has 3 aromatic rings. The lowest BCUT2D eigenvalue weighted by atomic mass is 9.81. The van der Waals surface area contributed by atoms with E-state index in [0.717, 1.165) is 42.1 Å². The van der Waals surface area contributed by atoms with E-state index in [4.69, 9.17) is 0 Å². The van der Waals surface area contributed by atoms with E-state index >= 15 is 0 Å². The third-order valence-electron chi connectivity index (χ3n) is 7.66. The summed E-state index contributed by atoms with van der Waals surface area (Å²) < 4.78 is 15.9. The number of aryl methyl sites for hydroxylation is 2. The summed E-state index contributed by atoms with van der Waals surface area (Å²) in [4.78, 5) is 21.0. The zero-order chi connectivity index (χ0) is 29.4. The van der Waals surface area contributed by atoms with Crippen molar-refractivity contribution < 1.29 is 9.00 Å². The highest BCUT2D eigenvalue weighted by molar-refractivity contribution is 7.82. The van der Waals surface area contributed by atoms with Crippen molar-refractivity contribution in [3.05, 3.63) is 93.2 Å². The molecular weight excluding hydrogens is 549 g/mol. The molecule has 8 heteroatoms. The Morgan fingerprint density at radius 2 is 1.98 bits per heavy atom. The van der Waals surface area contributed by atoms with Crippen LogP contribution in [0.3, 0.4) is 0 Å². The minimum Gasteiger partial charge on any atom is -0.390 e. The van der Waals surface area contributed by atoms with E-state index < -0.39 is 16.4 Å². The number of carbonyl (C=O) groups is 1. The smallest absolute Gasteiger partial charge is 0.139 e. The van der Waals surface area contributed by atoms with E-state index in [1.807, 2.05) is 36.5 Å². The summed E-state index contributed by atoms with van der Waals surface area (Å²) in [5, 5.41) is 6.99. The molecule has 0 spiro atoms. The monoisotopic (exact) mass is 592 g/mol. The van der Waals surface area contributed by atoms with Gasteiger partial charge in [0.2, 0.25) is 0 Å². The number of fused-ring (bicyclic) bond motifs is 1. The minimum atomic E-state index is -1.31. The summed E-state index contributed by atoms with van der Waals surface area (Å²) >= 11 is 1.75. The van der Waals surface area contributed by atoms with Gasteiger partial charge in [-0.3, -0.25) is 9.78 Å². The summed E-state index contributed by atoms with van der Waals surface area (Å²) in [6, 6.07) is 16.3. The van der Waals surface area contributed by atoms with Gasteiger partial charge >= 0.3 is 0 Å². The van der Waals surface area contributed by atoms with Gasteiger partial charge in [0, 0.05) is 71.8 Å². The Bertz CT molecular complexity index is 1370. The van der Waals surface area contributed by atoms with Crippen LogP contribution in [0.5, 0.6) is 0 Å². The topological polar surface area (TPSA) is 74.3 Å². The molecule has 1 aromatic carbocycles. The van der Waals surface area contributed by atoms with Gasteiger partial charge in [0.15, 0.2) is 0 Å². The lowest BCUT2D eigenvalue weighted by Gasteiger charge is -2.25. The zero-order valence-corrected chi connectivity index (χ0v) is 26.7. The van der Waals surface area contributed by atoms with Crippen LogP contribution in [0, 0.1) is 12.3 Å². The molecule has 2 N–H and O–H groups in total. The third kappa shape index (κ3) is 8.37. The quantitative estimate of drug-likeness (QED) is 0.250. The number of benzene rings is 1. The zero-order valence-electron chi connectivity index (χ0n) is 25.0. The molecule has 0 radical (unpaired) electrons. The summed E-state index contributed by atoms with van der Waals surface area (Å²) in [5.74, 6) is 0.290. The first kappa shape index (κ1) is 31.1. The summed E-state index contributed by atoms with van der Waals surface area (Å²) in [7, 11) is -1.31. The SMILES string of the molecule is CCN/C=C(/CC)N[C@H]1Cc2ncccc2S(=O)N(Cc2cc(CC(C)(C)C(=O)CCc3ccccc3)sc2C)C1. The van der Waals surface area contributed by atoms with E-state index in [-0.39, 0.29) is 11.8 Å². The number of rotatable bonds is 13. The highest BCUT2D eigenvalue weighted by Crippen LogP contribution is 2.32. The Kier molecular flexibility index (Phi) is 10.9. The summed E-state index contributed by atoms with van der Waals surface area (Å²) in [6.07, 6.45) is 7.46. The maximum absolute atomic E-state index is 13.8. The van der Waals surface area contributed by atoms with Crippen LogP contribution in [-0.4, -0.2) is 38.4 Å². The number of thiophene rings is 1. The Labute approximate surface area is 252 Å². The fourth-order valence-corrected chi connectivity index (χ4v) is 7.90. The molecule has 0 saturated carbocycles. The molecule has 220 valence electrons. The number of pyridine rings is 1. The van der Waals surface area contributed by atoms with Crippen LogP contribution in [0.4, 0.5) is 0 Å².